The Morgan fingerprint density at radius 1 is 0.539 bits per heavy atom. The van der Waals surface area contributed by atoms with E-state index >= 15 is 4.79 Å². The minimum absolute atomic E-state index is 0.00874. The number of carbonyl (C=O) groups is 11. The lowest BCUT2D eigenvalue weighted by molar-refractivity contribution is -0.143. The van der Waals surface area contributed by atoms with E-state index in [0.717, 1.165) is 11.1 Å². The fraction of sp³-hybridized carbons (Fsp3) is 0.613. The molecule has 27 nitrogen and oxygen atoms in total. The highest BCUT2D eigenvalue weighted by atomic mass is 16.6. The first kappa shape index (κ1) is 82.3. The van der Waals surface area contributed by atoms with E-state index < -0.39 is 161 Å². The minimum Gasteiger partial charge on any atom is -0.444 e. The van der Waals surface area contributed by atoms with Gasteiger partial charge >= 0.3 is 12.2 Å². The fourth-order valence-corrected chi connectivity index (χ4v) is 12.3. The zero-order valence-corrected chi connectivity index (χ0v) is 61.7. The smallest absolute Gasteiger partial charge is 0.407 e. The highest BCUT2D eigenvalue weighted by molar-refractivity contribution is 5.99. The molecule has 0 aromatic heterocycles. The summed E-state index contributed by atoms with van der Waals surface area (Å²) >= 11 is 0. The van der Waals surface area contributed by atoms with E-state index in [-0.39, 0.29) is 96.0 Å². The molecule has 3 aromatic rings. The van der Waals surface area contributed by atoms with Crippen molar-refractivity contribution >= 4 is 65.4 Å². The Balaban J connectivity index is 1.41. The number of aliphatic hydroxyl groups is 1. The van der Waals surface area contributed by atoms with Gasteiger partial charge in [-0.15, -0.1) is 0 Å². The maximum Gasteiger partial charge on any atom is 0.407 e. The van der Waals surface area contributed by atoms with Gasteiger partial charge < -0.3 is 82.1 Å². The molecule has 3 saturated heterocycles. The minimum atomic E-state index is -1.71. The molecule has 3 fully saturated rings. The first-order valence-electron chi connectivity index (χ1n) is 35.9. The van der Waals surface area contributed by atoms with Crippen molar-refractivity contribution in [1.29, 1.82) is 0 Å². The highest BCUT2D eigenvalue weighted by Gasteiger charge is 2.49. The summed E-state index contributed by atoms with van der Waals surface area (Å²) < 4.78 is 23.6. The van der Waals surface area contributed by atoms with E-state index in [1.165, 1.54) is 4.90 Å². The Bertz CT molecular complexity index is 3300. The summed E-state index contributed by atoms with van der Waals surface area (Å²) in [6.07, 6.45) is -6.72. The van der Waals surface area contributed by atoms with Crippen LogP contribution in [0, 0.1) is 23.7 Å². The number of alkyl carbamates (subject to hydrolysis) is 2. The zero-order valence-electron chi connectivity index (χ0n) is 61.7. The Labute approximate surface area is 600 Å². The molecule has 0 aliphatic carbocycles. The van der Waals surface area contributed by atoms with Crippen LogP contribution in [0.1, 0.15) is 159 Å². The van der Waals surface area contributed by atoms with Gasteiger partial charge in [-0.25, -0.2) is 9.59 Å². The number of carbonyl (C=O) groups excluding carboxylic acids is 11. The molecule has 11 amide bonds. The SMILES string of the molecule is CC(C)C[C@@H]1NC(=O)[C@H](CCCNC(=O)OC(C)(C)C)NC(=O)[C@H](C(C)C)NC(=O)[C@@H]2CCCN2C(=O)[C@@H](Cc2ccccc2)NC(=O)[C@H](CC(C)C)NC(=O)[C@H](CCCNC(=O)OC(C)(C)C)NC(=O)[C@H](C(C)C)NC(=O)[C@@H]2O[C@H](CNC1=O)[C@@H](OCc1ccc(-c3ccccc3)cc1)[C@@H]2O. The third-order valence-corrected chi connectivity index (χ3v) is 17.4. The van der Waals surface area contributed by atoms with Crippen LogP contribution in [0.15, 0.2) is 84.9 Å². The molecule has 6 rings (SSSR count). The second-order valence-corrected chi connectivity index (χ2v) is 30.2. The highest BCUT2D eigenvalue weighted by Crippen LogP contribution is 2.28. The molecule has 0 spiro atoms. The number of ether oxygens (including phenoxy) is 4. The van der Waals surface area contributed by atoms with E-state index in [4.69, 9.17) is 18.9 Å². The number of hydrogen-bond donors (Lipinski definition) is 11. The molecule has 102 heavy (non-hydrogen) atoms. The first-order chi connectivity index (χ1) is 48.1. The largest absolute Gasteiger partial charge is 0.444 e. The van der Waals surface area contributed by atoms with Crippen LogP contribution < -0.4 is 53.2 Å². The first-order valence-corrected chi connectivity index (χ1v) is 35.9. The van der Waals surface area contributed by atoms with E-state index in [2.05, 4.69) is 53.2 Å². The predicted octanol–water partition coefficient (Wildman–Crippen LogP) is 5.14. The van der Waals surface area contributed by atoms with Crippen LogP contribution in [0.5, 0.6) is 0 Å². The number of hydrogen-bond acceptors (Lipinski definition) is 16. The van der Waals surface area contributed by atoms with Crippen LogP contribution in [0.4, 0.5) is 9.59 Å². The van der Waals surface area contributed by atoms with Gasteiger partial charge in [0, 0.05) is 32.6 Å². The predicted molar refractivity (Wildman–Crippen MR) is 382 cm³/mol. The van der Waals surface area contributed by atoms with Gasteiger partial charge in [-0.1, -0.05) is 140 Å². The van der Waals surface area contributed by atoms with Crippen molar-refractivity contribution < 1.29 is 76.8 Å². The second kappa shape index (κ2) is 38.5. The maximum absolute atomic E-state index is 15.2. The standard InChI is InChI=1S/C75H111N11O16/c1-43(2)38-53-63(88)78-41-57-61(99-42-48-31-33-50(34-32-48)49-26-19-16-20-27-49)60(87)62(100-57)70(95)85-59(46(7)8)69(94)80-52(29-22-36-77-73(98)102-75(12,13)14)65(90)82-54(39-44(3)4)66(91)83-55(40-47-24-17-15-18-25-47)71(96)86-37-23-30-56(86)67(92)84-58(45(5)6)68(93)79-51(64(89)81-53)28-21-35-76-72(97)101-74(9,10)11/h15-20,24-27,31-34,43-46,51-62,87H,21-23,28-30,35-42H2,1-14H3,(H,76,97)(H,77,98)(H,78,88)(H,79,93)(H,80,94)(H,81,89)(H,82,90)(H,83,91)(H,84,92)(H,85,95)/t51-,52-,53-,54-,55+,56-,57+,58-,59-,60-,61+,62+/m0/s1. The Hall–Kier alpha value is -8.69. The number of nitrogens with zero attached hydrogens (tertiary/aromatic N) is 1. The lowest BCUT2D eigenvalue weighted by atomic mass is 9.99. The average Bonchev–Trinajstić information content (AvgIpc) is 1.64. The van der Waals surface area contributed by atoms with Gasteiger partial charge in [0.15, 0.2) is 6.10 Å². The lowest BCUT2D eigenvalue weighted by Gasteiger charge is -2.32. The molecule has 3 aliphatic heterocycles. The number of fused-ring (bicyclic) bond motifs is 3. The van der Waals surface area contributed by atoms with Crippen LogP contribution in [-0.4, -0.2) is 185 Å². The van der Waals surface area contributed by atoms with Crippen molar-refractivity contribution in [2.75, 3.05) is 26.2 Å². The van der Waals surface area contributed by atoms with Crippen LogP contribution >= 0.6 is 0 Å². The Morgan fingerprint density at radius 2 is 0.990 bits per heavy atom. The lowest BCUT2D eigenvalue weighted by Crippen LogP contribution is -2.61. The third kappa shape index (κ3) is 26.0. The summed E-state index contributed by atoms with van der Waals surface area (Å²) in [6.45, 7) is 23.9. The van der Waals surface area contributed by atoms with Crippen molar-refractivity contribution in [1.82, 2.24) is 58.1 Å². The van der Waals surface area contributed by atoms with Crippen LogP contribution in [0.25, 0.3) is 11.1 Å². The number of amides is 11. The van der Waals surface area contributed by atoms with Gasteiger partial charge in [0.2, 0.25) is 47.3 Å². The van der Waals surface area contributed by atoms with Crippen molar-refractivity contribution in [3.05, 3.63) is 96.1 Å². The van der Waals surface area contributed by atoms with Crippen molar-refractivity contribution in [2.24, 2.45) is 23.7 Å². The molecule has 2 bridgehead atoms. The summed E-state index contributed by atoms with van der Waals surface area (Å²) in [7, 11) is 0. The van der Waals surface area contributed by atoms with Gasteiger partial charge in [-0.05, 0) is 139 Å². The molecule has 12 atom stereocenters. The molecule has 0 unspecified atom stereocenters. The third-order valence-electron chi connectivity index (χ3n) is 17.4. The summed E-state index contributed by atoms with van der Waals surface area (Å²) in [5.74, 6) is -8.59. The number of nitrogens with one attached hydrogen (secondary N) is 10. The Morgan fingerprint density at radius 3 is 1.48 bits per heavy atom. The van der Waals surface area contributed by atoms with E-state index in [1.807, 2.05) is 82.3 Å². The molecule has 11 N–H and O–H groups in total. The summed E-state index contributed by atoms with van der Waals surface area (Å²) in [6, 6.07) is 15.6. The van der Waals surface area contributed by atoms with Crippen molar-refractivity contribution in [2.45, 2.75) is 245 Å². The molecular weight excluding hydrogens is 1310 g/mol. The number of rotatable bonds is 20. The summed E-state index contributed by atoms with van der Waals surface area (Å²) in [4.78, 5) is 160. The van der Waals surface area contributed by atoms with Crippen LogP contribution in [-0.2, 0) is 75.1 Å². The second-order valence-electron chi connectivity index (χ2n) is 30.2. The van der Waals surface area contributed by atoms with Crippen LogP contribution in [0.2, 0.25) is 0 Å². The summed E-state index contributed by atoms with van der Waals surface area (Å²) in [5, 5.41) is 40.1. The van der Waals surface area contributed by atoms with Gasteiger partial charge in [0.1, 0.15) is 77.8 Å². The van der Waals surface area contributed by atoms with Gasteiger partial charge in [-0.3, -0.25) is 43.2 Å². The molecule has 27 heteroatoms. The number of benzene rings is 3. The van der Waals surface area contributed by atoms with Crippen molar-refractivity contribution in [3.8, 4) is 11.1 Å². The monoisotopic (exact) mass is 1420 g/mol. The Kier molecular flexibility index (Phi) is 31.1. The quantitative estimate of drug-likeness (QED) is 0.0653. The maximum atomic E-state index is 15.2. The van der Waals surface area contributed by atoms with E-state index in [1.54, 1.807) is 99.6 Å². The molecule has 0 radical (unpaired) electrons. The number of aliphatic hydroxyl groups excluding tert-OH is 1. The molecule has 3 aliphatic rings. The molecular formula is C75H111N11O16. The molecule has 0 saturated carbocycles. The molecule has 3 aromatic carbocycles. The fourth-order valence-electron chi connectivity index (χ4n) is 12.3. The van der Waals surface area contributed by atoms with E-state index in [0.29, 0.717) is 17.5 Å². The van der Waals surface area contributed by atoms with Gasteiger partial charge in [-0.2, -0.15) is 0 Å². The normalized spacial score (nSPS) is 25.1. The average molecular weight is 1420 g/mol. The summed E-state index contributed by atoms with van der Waals surface area (Å²) in [5.41, 5.74) is 1.62. The van der Waals surface area contributed by atoms with E-state index in [9.17, 15) is 53.1 Å². The molecule has 3 heterocycles. The van der Waals surface area contributed by atoms with Gasteiger partial charge in [0.25, 0.3) is 5.91 Å². The zero-order chi connectivity index (χ0) is 75.2. The van der Waals surface area contributed by atoms with Crippen molar-refractivity contribution in [3.63, 3.8) is 0 Å². The molecule has 562 valence electrons. The van der Waals surface area contributed by atoms with Crippen LogP contribution in [0.3, 0.4) is 0 Å². The topological polar surface area (TPSA) is 368 Å². The van der Waals surface area contributed by atoms with Gasteiger partial charge in [0.05, 0.1) is 6.61 Å².